The van der Waals surface area contributed by atoms with E-state index in [2.05, 4.69) is 5.43 Å². The Hall–Kier alpha value is -0.570. The smallest absolute Gasteiger partial charge is 0.238 e. The van der Waals surface area contributed by atoms with E-state index in [0.717, 1.165) is 13.0 Å². The predicted octanol–water partition coefficient (Wildman–Crippen LogP) is 0.148. The van der Waals surface area contributed by atoms with Gasteiger partial charge in [-0.05, 0) is 13.3 Å². The molecule has 1 fully saturated rings. The molecule has 0 aromatic heterocycles. The fourth-order valence-electron chi connectivity index (χ4n) is 0.954. The van der Waals surface area contributed by atoms with Crippen LogP contribution >= 0.6 is 0 Å². The van der Waals surface area contributed by atoms with Crippen molar-refractivity contribution in [2.75, 3.05) is 13.1 Å². The molecule has 1 amide bonds. The van der Waals surface area contributed by atoms with E-state index in [9.17, 15) is 4.79 Å². The Morgan fingerprint density at radius 1 is 1.78 bits per heavy atom. The summed E-state index contributed by atoms with van der Waals surface area (Å²) in [6.45, 7) is 3.48. The Morgan fingerprint density at radius 3 is 3.00 bits per heavy atom. The minimum Gasteiger partial charge on any atom is -0.273 e. The van der Waals surface area contributed by atoms with Crippen molar-refractivity contribution in [3.8, 4) is 0 Å². The highest BCUT2D eigenvalue weighted by Gasteiger charge is 2.19. The van der Waals surface area contributed by atoms with E-state index in [4.69, 9.17) is 0 Å². The third kappa shape index (κ3) is 1.42. The minimum absolute atomic E-state index is 0.178. The van der Waals surface area contributed by atoms with Crippen LogP contribution in [0.3, 0.4) is 0 Å². The number of carbonyl (C=O) groups is 1. The fraction of sp³-hybridized carbons (Fsp3) is 0.833. The van der Waals surface area contributed by atoms with Crippen LogP contribution in [0.4, 0.5) is 0 Å². The van der Waals surface area contributed by atoms with Gasteiger partial charge in [0.05, 0.1) is 0 Å². The van der Waals surface area contributed by atoms with E-state index in [-0.39, 0.29) is 5.91 Å². The minimum atomic E-state index is 0.178. The third-order valence-electron chi connectivity index (χ3n) is 1.36. The summed E-state index contributed by atoms with van der Waals surface area (Å²) in [5.41, 5.74) is 3.99. The van der Waals surface area contributed by atoms with E-state index < -0.39 is 0 Å². The Morgan fingerprint density at radius 2 is 2.56 bits per heavy atom. The molecule has 0 unspecified atom stereocenters. The molecule has 0 aliphatic carbocycles. The molecule has 1 saturated heterocycles. The summed E-state index contributed by atoms with van der Waals surface area (Å²) in [6, 6.07) is 0. The second kappa shape index (κ2) is 2.82. The Balaban J connectivity index is 2.31. The lowest BCUT2D eigenvalue weighted by atomic mass is 10.4. The van der Waals surface area contributed by atoms with Gasteiger partial charge < -0.3 is 0 Å². The van der Waals surface area contributed by atoms with E-state index >= 15 is 0 Å². The summed E-state index contributed by atoms with van der Waals surface area (Å²) in [5, 5.41) is 1.57. The zero-order valence-electron chi connectivity index (χ0n) is 5.63. The second-order valence-electron chi connectivity index (χ2n) is 2.08. The SMILES string of the molecule is CC[N]N1CCCC1=O. The van der Waals surface area contributed by atoms with Crippen molar-refractivity contribution in [2.45, 2.75) is 19.8 Å². The van der Waals surface area contributed by atoms with Crippen LogP contribution in [0, 0.1) is 0 Å². The molecule has 1 aliphatic rings. The maximum atomic E-state index is 10.8. The maximum absolute atomic E-state index is 10.8. The van der Waals surface area contributed by atoms with Crippen LogP contribution in [0.1, 0.15) is 19.8 Å². The lowest BCUT2D eigenvalue weighted by molar-refractivity contribution is -0.130. The molecule has 1 radical (unpaired) electrons. The lowest BCUT2D eigenvalue weighted by Crippen LogP contribution is -2.32. The summed E-state index contributed by atoms with van der Waals surface area (Å²) in [5.74, 6) is 0.178. The number of hydrogen-bond acceptors (Lipinski definition) is 1. The predicted molar refractivity (Wildman–Crippen MR) is 33.6 cm³/mol. The van der Waals surface area contributed by atoms with Crippen LogP contribution in [-0.4, -0.2) is 24.0 Å². The topological polar surface area (TPSA) is 34.4 Å². The van der Waals surface area contributed by atoms with Gasteiger partial charge in [-0.25, -0.2) is 0 Å². The molecule has 1 heterocycles. The molecule has 0 aromatic carbocycles. The third-order valence-corrected chi connectivity index (χ3v) is 1.36. The van der Waals surface area contributed by atoms with Crippen LogP contribution in [0.2, 0.25) is 0 Å². The molecule has 0 bridgehead atoms. The van der Waals surface area contributed by atoms with Crippen LogP contribution < -0.4 is 5.43 Å². The number of amides is 1. The molecular weight excluding hydrogens is 116 g/mol. The first-order valence-electron chi connectivity index (χ1n) is 3.32. The van der Waals surface area contributed by atoms with Gasteiger partial charge in [-0.2, -0.15) is 0 Å². The van der Waals surface area contributed by atoms with Crippen molar-refractivity contribution >= 4 is 5.91 Å². The van der Waals surface area contributed by atoms with Gasteiger partial charge in [-0.3, -0.25) is 9.80 Å². The van der Waals surface area contributed by atoms with Gasteiger partial charge in [0, 0.05) is 19.5 Å². The van der Waals surface area contributed by atoms with Gasteiger partial charge in [0.2, 0.25) is 5.91 Å². The molecule has 0 saturated carbocycles. The maximum Gasteiger partial charge on any atom is 0.238 e. The van der Waals surface area contributed by atoms with Crippen LogP contribution in [-0.2, 0) is 4.79 Å². The standard InChI is InChI=1S/C6H11N2O/c1-2-7-8-5-3-4-6(8)9/h2-5H2,1H3. The highest BCUT2D eigenvalue weighted by molar-refractivity contribution is 5.77. The first-order chi connectivity index (χ1) is 4.34. The molecule has 3 nitrogen and oxygen atoms in total. The molecule has 0 N–H and O–H groups in total. The van der Waals surface area contributed by atoms with E-state index in [1.165, 1.54) is 0 Å². The van der Waals surface area contributed by atoms with E-state index in [0.29, 0.717) is 13.0 Å². The largest absolute Gasteiger partial charge is 0.273 e. The fourth-order valence-corrected chi connectivity index (χ4v) is 0.954. The van der Waals surface area contributed by atoms with Crippen molar-refractivity contribution < 1.29 is 4.79 Å². The molecule has 1 rings (SSSR count). The Bertz CT molecular complexity index is 114. The number of nitrogens with zero attached hydrogens (tertiary/aromatic N) is 2. The van der Waals surface area contributed by atoms with Gasteiger partial charge in [-0.15, -0.1) is 5.43 Å². The van der Waals surface area contributed by atoms with Gasteiger partial charge in [-0.1, -0.05) is 0 Å². The quantitative estimate of drug-likeness (QED) is 0.520. The molecule has 51 valence electrons. The zero-order chi connectivity index (χ0) is 6.69. The summed E-state index contributed by atoms with van der Waals surface area (Å²) in [4.78, 5) is 10.8. The zero-order valence-corrected chi connectivity index (χ0v) is 5.63. The number of carbonyl (C=O) groups excluding carboxylic acids is 1. The highest BCUT2D eigenvalue weighted by Crippen LogP contribution is 2.06. The first kappa shape index (κ1) is 6.55. The van der Waals surface area contributed by atoms with Crippen molar-refractivity contribution in [3.05, 3.63) is 0 Å². The average molecular weight is 127 g/mol. The Labute approximate surface area is 55.0 Å². The van der Waals surface area contributed by atoms with Crippen molar-refractivity contribution in [3.63, 3.8) is 0 Å². The van der Waals surface area contributed by atoms with Gasteiger partial charge in [0.15, 0.2) is 0 Å². The van der Waals surface area contributed by atoms with E-state index in [1.54, 1.807) is 5.01 Å². The van der Waals surface area contributed by atoms with Crippen molar-refractivity contribution in [1.82, 2.24) is 10.4 Å². The number of hydrogen-bond donors (Lipinski definition) is 0. The first-order valence-corrected chi connectivity index (χ1v) is 3.32. The summed E-state index contributed by atoms with van der Waals surface area (Å²) >= 11 is 0. The van der Waals surface area contributed by atoms with Crippen LogP contribution in [0.5, 0.6) is 0 Å². The molecular formula is C6H11N2O. The van der Waals surface area contributed by atoms with Crippen LogP contribution in [0.25, 0.3) is 0 Å². The van der Waals surface area contributed by atoms with E-state index in [1.807, 2.05) is 6.92 Å². The molecule has 0 spiro atoms. The molecule has 1 aliphatic heterocycles. The summed E-state index contributed by atoms with van der Waals surface area (Å²) < 4.78 is 0. The van der Waals surface area contributed by atoms with Crippen LogP contribution in [0.15, 0.2) is 0 Å². The molecule has 0 aromatic rings. The highest BCUT2D eigenvalue weighted by atomic mass is 16.2. The summed E-state index contributed by atoms with van der Waals surface area (Å²) in [7, 11) is 0. The van der Waals surface area contributed by atoms with Gasteiger partial charge >= 0.3 is 0 Å². The Kier molecular flexibility index (Phi) is 2.05. The second-order valence-corrected chi connectivity index (χ2v) is 2.08. The summed E-state index contributed by atoms with van der Waals surface area (Å²) in [6.07, 6.45) is 1.66. The lowest BCUT2D eigenvalue weighted by Gasteiger charge is -2.11. The van der Waals surface area contributed by atoms with Crippen molar-refractivity contribution in [2.24, 2.45) is 0 Å². The molecule has 3 heteroatoms. The monoisotopic (exact) mass is 127 g/mol. The van der Waals surface area contributed by atoms with Crippen molar-refractivity contribution in [1.29, 1.82) is 0 Å². The van der Waals surface area contributed by atoms with Gasteiger partial charge in [0.1, 0.15) is 0 Å². The molecule has 9 heavy (non-hydrogen) atoms. The molecule has 0 atom stereocenters. The van der Waals surface area contributed by atoms with Gasteiger partial charge in [0.25, 0.3) is 0 Å². The average Bonchev–Trinajstić information content (AvgIpc) is 2.18. The normalized spacial score (nSPS) is 19.2. The number of rotatable bonds is 2.